The Balaban J connectivity index is 2.38. The molecule has 0 spiro atoms. The molecule has 1 aromatic heterocycles. The summed E-state index contributed by atoms with van der Waals surface area (Å²) in [5.74, 6) is -1.07. The molecule has 5 nitrogen and oxygen atoms in total. The average molecular weight is 272 g/mol. The molecule has 0 unspecified atom stereocenters. The Labute approximate surface area is 117 Å². The number of carboxylic acids is 1. The Bertz CT molecular complexity index is 655. The van der Waals surface area contributed by atoms with Crippen LogP contribution in [0.3, 0.4) is 0 Å². The number of hydrogen-bond donors (Lipinski definition) is 1. The second-order valence-electron chi connectivity index (χ2n) is 4.49. The number of nitriles is 1. The van der Waals surface area contributed by atoms with E-state index in [0.717, 1.165) is 11.9 Å². The normalized spacial score (nSPS) is 10.8. The lowest BCUT2D eigenvalue weighted by Gasteiger charge is -2.18. The van der Waals surface area contributed by atoms with Gasteiger partial charge in [-0.2, -0.15) is 5.26 Å². The number of para-hydroxylation sites is 1. The van der Waals surface area contributed by atoms with Crippen LogP contribution in [0.5, 0.6) is 0 Å². The molecule has 0 aliphatic heterocycles. The molecule has 0 saturated heterocycles. The molecule has 0 aliphatic rings. The van der Waals surface area contributed by atoms with Crippen molar-refractivity contribution in [3.8, 4) is 6.07 Å². The van der Waals surface area contributed by atoms with Crippen molar-refractivity contribution in [2.75, 3.05) is 13.1 Å². The van der Waals surface area contributed by atoms with Gasteiger partial charge >= 0.3 is 5.97 Å². The van der Waals surface area contributed by atoms with Crippen LogP contribution >= 0.6 is 0 Å². The van der Waals surface area contributed by atoms with Gasteiger partial charge in [0.2, 0.25) is 5.76 Å². The lowest BCUT2D eigenvalue weighted by atomic mass is 10.1. The molecule has 5 heteroatoms. The van der Waals surface area contributed by atoms with Crippen LogP contribution in [0.25, 0.3) is 11.0 Å². The summed E-state index contributed by atoms with van der Waals surface area (Å²) in [5.41, 5.74) is 1.25. The summed E-state index contributed by atoms with van der Waals surface area (Å²) < 4.78 is 5.42. The van der Waals surface area contributed by atoms with Crippen LogP contribution in [0.2, 0.25) is 0 Å². The number of carbonyl (C=O) groups is 1. The minimum atomic E-state index is -1.06. The number of benzene rings is 1. The van der Waals surface area contributed by atoms with Gasteiger partial charge in [0.15, 0.2) is 0 Å². The fraction of sp³-hybridized carbons (Fsp3) is 0.333. The second-order valence-corrected chi connectivity index (χ2v) is 4.49. The fourth-order valence-electron chi connectivity index (χ4n) is 2.21. The van der Waals surface area contributed by atoms with Crippen molar-refractivity contribution in [3.05, 3.63) is 35.6 Å². The molecule has 2 aromatic rings. The van der Waals surface area contributed by atoms with Crippen LogP contribution < -0.4 is 0 Å². The van der Waals surface area contributed by atoms with E-state index in [1.54, 1.807) is 6.07 Å². The van der Waals surface area contributed by atoms with E-state index in [2.05, 4.69) is 6.07 Å². The molecule has 0 fully saturated rings. The van der Waals surface area contributed by atoms with Crippen molar-refractivity contribution in [2.24, 2.45) is 0 Å². The topological polar surface area (TPSA) is 77.5 Å². The summed E-state index contributed by atoms with van der Waals surface area (Å²) in [7, 11) is 0. The Morgan fingerprint density at radius 2 is 2.20 bits per heavy atom. The third kappa shape index (κ3) is 2.81. The molecule has 0 amide bonds. The number of nitrogens with zero attached hydrogens (tertiary/aromatic N) is 2. The van der Waals surface area contributed by atoms with E-state index in [4.69, 9.17) is 9.68 Å². The molecule has 1 heterocycles. The zero-order valence-corrected chi connectivity index (χ0v) is 11.3. The summed E-state index contributed by atoms with van der Waals surface area (Å²) >= 11 is 0. The molecule has 104 valence electrons. The van der Waals surface area contributed by atoms with Gasteiger partial charge in [0.05, 0.1) is 6.07 Å². The molecule has 0 radical (unpaired) electrons. The molecular weight excluding hydrogens is 256 g/mol. The first kappa shape index (κ1) is 14.1. The third-order valence-corrected chi connectivity index (χ3v) is 3.26. The van der Waals surface area contributed by atoms with Gasteiger partial charge in [0.25, 0.3) is 0 Å². The maximum absolute atomic E-state index is 11.3. The van der Waals surface area contributed by atoms with Gasteiger partial charge in [-0.15, -0.1) is 0 Å². The molecule has 1 N–H and O–H groups in total. The lowest BCUT2D eigenvalue weighted by molar-refractivity contribution is 0.0661. The first-order valence-corrected chi connectivity index (χ1v) is 6.50. The Morgan fingerprint density at radius 1 is 1.45 bits per heavy atom. The fourth-order valence-corrected chi connectivity index (χ4v) is 2.21. The molecule has 0 saturated carbocycles. The molecule has 2 rings (SSSR count). The van der Waals surface area contributed by atoms with Gasteiger partial charge < -0.3 is 9.52 Å². The first-order valence-electron chi connectivity index (χ1n) is 6.50. The van der Waals surface area contributed by atoms with E-state index in [1.165, 1.54) is 0 Å². The van der Waals surface area contributed by atoms with Crippen molar-refractivity contribution in [2.45, 2.75) is 19.9 Å². The van der Waals surface area contributed by atoms with Gasteiger partial charge in [-0.25, -0.2) is 4.79 Å². The van der Waals surface area contributed by atoms with Crippen LogP contribution in [-0.4, -0.2) is 29.1 Å². The highest BCUT2D eigenvalue weighted by atomic mass is 16.4. The molecule has 0 aliphatic carbocycles. The zero-order valence-electron chi connectivity index (χ0n) is 11.3. The van der Waals surface area contributed by atoms with Crippen molar-refractivity contribution in [1.82, 2.24) is 4.90 Å². The molecular formula is C15H16N2O3. The highest BCUT2D eigenvalue weighted by Crippen LogP contribution is 2.27. The maximum atomic E-state index is 11.3. The van der Waals surface area contributed by atoms with Crippen LogP contribution in [0.1, 0.15) is 29.5 Å². The molecule has 1 aromatic carbocycles. The monoisotopic (exact) mass is 272 g/mol. The minimum Gasteiger partial charge on any atom is -0.475 e. The smallest absolute Gasteiger partial charge is 0.372 e. The van der Waals surface area contributed by atoms with Crippen LogP contribution in [0, 0.1) is 11.3 Å². The number of carboxylic acid groups (broad SMARTS) is 1. The van der Waals surface area contributed by atoms with Crippen LogP contribution in [0.4, 0.5) is 0 Å². The largest absolute Gasteiger partial charge is 0.475 e. The van der Waals surface area contributed by atoms with Crippen molar-refractivity contribution < 1.29 is 14.3 Å². The van der Waals surface area contributed by atoms with E-state index in [0.29, 0.717) is 30.7 Å². The van der Waals surface area contributed by atoms with E-state index in [1.807, 2.05) is 30.0 Å². The van der Waals surface area contributed by atoms with Gasteiger partial charge in [0.1, 0.15) is 5.58 Å². The third-order valence-electron chi connectivity index (χ3n) is 3.26. The van der Waals surface area contributed by atoms with E-state index < -0.39 is 5.97 Å². The van der Waals surface area contributed by atoms with Gasteiger partial charge in [0, 0.05) is 30.5 Å². The van der Waals surface area contributed by atoms with E-state index in [9.17, 15) is 9.90 Å². The van der Waals surface area contributed by atoms with Crippen molar-refractivity contribution in [1.29, 1.82) is 5.26 Å². The predicted molar refractivity (Wildman–Crippen MR) is 74.4 cm³/mol. The molecule has 0 atom stereocenters. The Kier molecular flexibility index (Phi) is 4.38. The summed E-state index contributed by atoms with van der Waals surface area (Å²) in [6.07, 6.45) is 0.423. The van der Waals surface area contributed by atoms with Crippen molar-refractivity contribution in [3.63, 3.8) is 0 Å². The summed E-state index contributed by atoms with van der Waals surface area (Å²) in [4.78, 5) is 13.3. The van der Waals surface area contributed by atoms with Gasteiger partial charge in [-0.3, -0.25) is 4.90 Å². The van der Waals surface area contributed by atoms with Crippen LogP contribution in [-0.2, 0) is 6.54 Å². The molecule has 20 heavy (non-hydrogen) atoms. The summed E-state index contributed by atoms with van der Waals surface area (Å²) in [5, 5.41) is 18.7. The lowest BCUT2D eigenvalue weighted by Crippen LogP contribution is -2.24. The number of furan rings is 1. The summed E-state index contributed by atoms with van der Waals surface area (Å²) in [6.45, 7) is 3.82. The van der Waals surface area contributed by atoms with Crippen LogP contribution in [0.15, 0.2) is 28.7 Å². The zero-order chi connectivity index (χ0) is 14.5. The predicted octanol–water partition coefficient (Wildman–Crippen LogP) is 2.87. The Morgan fingerprint density at radius 3 is 2.85 bits per heavy atom. The Hall–Kier alpha value is -2.32. The maximum Gasteiger partial charge on any atom is 0.372 e. The van der Waals surface area contributed by atoms with Crippen molar-refractivity contribution >= 4 is 16.9 Å². The quantitative estimate of drug-likeness (QED) is 0.874. The first-order chi connectivity index (χ1) is 9.67. The van der Waals surface area contributed by atoms with Gasteiger partial charge in [-0.1, -0.05) is 25.1 Å². The highest BCUT2D eigenvalue weighted by molar-refractivity contribution is 5.95. The second kappa shape index (κ2) is 6.22. The number of hydrogen-bond acceptors (Lipinski definition) is 4. The number of aromatic carboxylic acids is 1. The minimum absolute atomic E-state index is 0.0124. The standard InChI is InChI=1S/C15H16N2O3/c1-2-17(9-5-8-16)10-12-11-6-3-4-7-13(11)20-14(12)15(18)19/h3-4,6-7H,2,5,9-10H2,1H3,(H,18,19). The number of rotatable bonds is 6. The number of fused-ring (bicyclic) bond motifs is 1. The molecule has 0 bridgehead atoms. The van der Waals surface area contributed by atoms with E-state index in [-0.39, 0.29) is 5.76 Å². The highest BCUT2D eigenvalue weighted by Gasteiger charge is 2.21. The summed E-state index contributed by atoms with van der Waals surface area (Å²) in [6, 6.07) is 9.40. The average Bonchev–Trinajstić information content (AvgIpc) is 2.82. The van der Waals surface area contributed by atoms with Gasteiger partial charge in [-0.05, 0) is 12.6 Å². The van der Waals surface area contributed by atoms with E-state index >= 15 is 0 Å². The SMILES string of the molecule is CCN(CCC#N)Cc1c(C(=O)O)oc2ccccc12.